The molecule has 0 amide bonds. The van der Waals surface area contributed by atoms with Crippen molar-refractivity contribution < 1.29 is 5.11 Å². The molecule has 18 heavy (non-hydrogen) atoms. The lowest BCUT2D eigenvalue weighted by Crippen LogP contribution is -2.18. The van der Waals surface area contributed by atoms with Gasteiger partial charge in [0.25, 0.3) is 0 Å². The number of anilines is 1. The fourth-order valence-corrected chi connectivity index (χ4v) is 2.60. The molecule has 0 aliphatic carbocycles. The van der Waals surface area contributed by atoms with Crippen molar-refractivity contribution in [3.63, 3.8) is 0 Å². The average Bonchev–Trinajstić information content (AvgIpc) is 2.28. The van der Waals surface area contributed by atoms with Crippen molar-refractivity contribution in [3.8, 4) is 0 Å². The molecule has 0 radical (unpaired) electrons. The fourth-order valence-electron chi connectivity index (χ4n) is 1.92. The molecule has 3 nitrogen and oxygen atoms in total. The van der Waals surface area contributed by atoms with E-state index < -0.39 is 0 Å². The van der Waals surface area contributed by atoms with Gasteiger partial charge in [-0.3, -0.25) is 0 Å². The predicted octanol–water partition coefficient (Wildman–Crippen LogP) is 3.15. The van der Waals surface area contributed by atoms with Crippen molar-refractivity contribution in [2.45, 2.75) is 39.0 Å². The molecule has 0 fully saturated rings. The van der Waals surface area contributed by atoms with Crippen LogP contribution in [0.2, 0.25) is 0 Å². The van der Waals surface area contributed by atoms with Gasteiger partial charge in [0.15, 0.2) is 0 Å². The molecule has 2 N–H and O–H groups in total. The van der Waals surface area contributed by atoms with Crippen LogP contribution < -0.4 is 5.32 Å². The van der Waals surface area contributed by atoms with Crippen molar-refractivity contribution >= 4 is 17.6 Å². The Kier molecular flexibility index (Phi) is 7.13. The Morgan fingerprint density at radius 3 is 2.83 bits per heavy atom. The largest absolute Gasteiger partial charge is 0.396 e. The second kappa shape index (κ2) is 8.38. The average molecular weight is 268 g/mol. The maximum Gasteiger partial charge on any atom is 0.126 e. The molecule has 0 aliphatic rings. The SMILES string of the molecule is CC(C)CC(C)Nc1cc(CSCCO)ccn1. The van der Waals surface area contributed by atoms with Crippen molar-refractivity contribution in [2.24, 2.45) is 5.92 Å². The molecule has 1 aromatic rings. The van der Waals surface area contributed by atoms with Gasteiger partial charge in [0.05, 0.1) is 6.61 Å². The number of aromatic nitrogens is 1. The molecule has 0 spiro atoms. The number of hydrogen-bond acceptors (Lipinski definition) is 4. The van der Waals surface area contributed by atoms with Crippen LogP contribution in [0, 0.1) is 5.92 Å². The topological polar surface area (TPSA) is 45.1 Å². The third-order valence-electron chi connectivity index (χ3n) is 2.55. The van der Waals surface area contributed by atoms with Gasteiger partial charge in [-0.2, -0.15) is 11.8 Å². The standard InChI is InChI=1S/C14H24N2OS/c1-11(2)8-12(3)16-14-9-13(4-5-15-14)10-18-7-6-17/h4-5,9,11-12,17H,6-8,10H2,1-3H3,(H,15,16). The second-order valence-corrected chi connectivity index (χ2v) is 6.11. The summed E-state index contributed by atoms with van der Waals surface area (Å²) in [5.74, 6) is 3.35. The fraction of sp³-hybridized carbons (Fsp3) is 0.643. The summed E-state index contributed by atoms with van der Waals surface area (Å²) >= 11 is 1.74. The molecule has 0 aromatic carbocycles. The molecular formula is C14H24N2OS. The van der Waals surface area contributed by atoms with Crippen molar-refractivity contribution in [1.82, 2.24) is 4.98 Å². The van der Waals surface area contributed by atoms with Gasteiger partial charge >= 0.3 is 0 Å². The minimum atomic E-state index is 0.242. The molecule has 0 bridgehead atoms. The van der Waals surface area contributed by atoms with Crippen LogP contribution in [0.1, 0.15) is 32.8 Å². The maximum absolute atomic E-state index is 8.76. The van der Waals surface area contributed by atoms with Crippen molar-refractivity contribution in [2.75, 3.05) is 17.7 Å². The molecule has 0 saturated heterocycles. The molecule has 4 heteroatoms. The smallest absolute Gasteiger partial charge is 0.126 e. The number of hydrogen-bond donors (Lipinski definition) is 2. The van der Waals surface area contributed by atoms with Gasteiger partial charge in [-0.25, -0.2) is 4.98 Å². The molecular weight excluding hydrogens is 244 g/mol. The summed E-state index contributed by atoms with van der Waals surface area (Å²) in [6.07, 6.45) is 2.99. The molecule has 102 valence electrons. The number of rotatable bonds is 8. The summed E-state index contributed by atoms with van der Waals surface area (Å²) < 4.78 is 0. The Balaban J connectivity index is 2.48. The summed E-state index contributed by atoms with van der Waals surface area (Å²) in [5, 5.41) is 12.2. The van der Waals surface area contributed by atoms with Crippen LogP contribution in [0.5, 0.6) is 0 Å². The van der Waals surface area contributed by atoms with Crippen molar-refractivity contribution in [3.05, 3.63) is 23.9 Å². The Morgan fingerprint density at radius 1 is 1.39 bits per heavy atom. The van der Waals surface area contributed by atoms with E-state index >= 15 is 0 Å². The van der Waals surface area contributed by atoms with Gasteiger partial charge < -0.3 is 10.4 Å². The van der Waals surface area contributed by atoms with Crippen molar-refractivity contribution in [1.29, 1.82) is 0 Å². The molecule has 0 aliphatic heterocycles. The number of thioether (sulfide) groups is 1. The van der Waals surface area contributed by atoms with Crippen LogP contribution in [0.15, 0.2) is 18.3 Å². The Hall–Kier alpha value is -0.740. The number of aliphatic hydroxyl groups excluding tert-OH is 1. The summed E-state index contributed by atoms with van der Waals surface area (Å²) in [4.78, 5) is 4.35. The molecule has 0 saturated carbocycles. The zero-order valence-electron chi connectivity index (χ0n) is 11.5. The first-order valence-corrected chi connectivity index (χ1v) is 7.67. The van der Waals surface area contributed by atoms with E-state index in [1.165, 1.54) is 5.56 Å². The van der Waals surface area contributed by atoms with E-state index in [0.717, 1.165) is 23.7 Å². The third kappa shape index (κ3) is 6.26. The summed E-state index contributed by atoms with van der Waals surface area (Å²) in [5.41, 5.74) is 1.25. The minimum Gasteiger partial charge on any atom is -0.396 e. The maximum atomic E-state index is 8.76. The van der Waals surface area contributed by atoms with Crippen LogP contribution in [0.3, 0.4) is 0 Å². The van der Waals surface area contributed by atoms with Crippen LogP contribution in [-0.2, 0) is 5.75 Å². The normalized spacial score (nSPS) is 12.7. The van der Waals surface area contributed by atoms with Gasteiger partial charge in [0, 0.05) is 23.7 Å². The highest BCUT2D eigenvalue weighted by molar-refractivity contribution is 7.98. The number of nitrogens with one attached hydrogen (secondary N) is 1. The van der Waals surface area contributed by atoms with E-state index in [4.69, 9.17) is 5.11 Å². The predicted molar refractivity (Wildman–Crippen MR) is 80.0 cm³/mol. The van der Waals surface area contributed by atoms with E-state index in [9.17, 15) is 0 Å². The number of aliphatic hydroxyl groups is 1. The second-order valence-electron chi connectivity index (χ2n) is 5.00. The first-order chi connectivity index (χ1) is 8.61. The van der Waals surface area contributed by atoms with E-state index in [0.29, 0.717) is 12.0 Å². The minimum absolute atomic E-state index is 0.242. The zero-order chi connectivity index (χ0) is 13.4. The van der Waals surface area contributed by atoms with E-state index in [2.05, 4.69) is 37.1 Å². The molecule has 1 atom stereocenters. The lowest BCUT2D eigenvalue weighted by atomic mass is 10.1. The molecule has 1 aromatic heterocycles. The van der Waals surface area contributed by atoms with Crippen LogP contribution >= 0.6 is 11.8 Å². The lowest BCUT2D eigenvalue weighted by Gasteiger charge is -2.16. The van der Waals surface area contributed by atoms with Crippen LogP contribution in [-0.4, -0.2) is 28.5 Å². The first-order valence-electron chi connectivity index (χ1n) is 6.52. The van der Waals surface area contributed by atoms with Gasteiger partial charge in [0.2, 0.25) is 0 Å². The quantitative estimate of drug-likeness (QED) is 0.711. The van der Waals surface area contributed by atoms with E-state index in [1.807, 2.05) is 12.3 Å². The van der Waals surface area contributed by atoms with E-state index in [1.54, 1.807) is 11.8 Å². The monoisotopic (exact) mass is 268 g/mol. The highest BCUT2D eigenvalue weighted by Crippen LogP contribution is 2.16. The molecule has 1 unspecified atom stereocenters. The van der Waals surface area contributed by atoms with Gasteiger partial charge in [-0.15, -0.1) is 0 Å². The van der Waals surface area contributed by atoms with Gasteiger partial charge in [0.1, 0.15) is 5.82 Å². The van der Waals surface area contributed by atoms with Crippen LogP contribution in [0.25, 0.3) is 0 Å². The van der Waals surface area contributed by atoms with Gasteiger partial charge in [-0.1, -0.05) is 13.8 Å². The molecule has 1 heterocycles. The Labute approximate surface area is 114 Å². The van der Waals surface area contributed by atoms with Gasteiger partial charge in [-0.05, 0) is 37.0 Å². The first kappa shape index (κ1) is 15.3. The summed E-state index contributed by atoms with van der Waals surface area (Å²) in [7, 11) is 0. The highest BCUT2D eigenvalue weighted by Gasteiger charge is 2.06. The molecule has 1 rings (SSSR count). The van der Waals surface area contributed by atoms with Crippen LogP contribution in [0.4, 0.5) is 5.82 Å². The number of pyridine rings is 1. The Morgan fingerprint density at radius 2 is 2.17 bits per heavy atom. The lowest BCUT2D eigenvalue weighted by molar-refractivity contribution is 0.322. The summed E-state index contributed by atoms with van der Waals surface area (Å²) in [6, 6.07) is 4.57. The number of nitrogens with zero attached hydrogens (tertiary/aromatic N) is 1. The van der Waals surface area contributed by atoms with E-state index in [-0.39, 0.29) is 6.61 Å². The Bertz CT molecular complexity index is 344. The third-order valence-corrected chi connectivity index (χ3v) is 3.56. The highest BCUT2D eigenvalue weighted by atomic mass is 32.2. The zero-order valence-corrected chi connectivity index (χ0v) is 12.3. The summed E-state index contributed by atoms with van der Waals surface area (Å²) in [6.45, 7) is 6.89.